The molecule has 0 bridgehead atoms. The highest BCUT2D eigenvalue weighted by molar-refractivity contribution is 5.88. The van der Waals surface area contributed by atoms with Gasteiger partial charge in [0.2, 0.25) is 0 Å². The number of benzene rings is 11. The predicted octanol–water partition coefficient (Wildman–Crippen LogP) is 43.7. The molecule has 0 radical (unpaired) electrons. The van der Waals surface area contributed by atoms with Crippen molar-refractivity contribution < 1.29 is 0 Å². The van der Waals surface area contributed by atoms with Gasteiger partial charge in [-0.05, 0) is 176 Å². The van der Waals surface area contributed by atoms with E-state index in [9.17, 15) is 0 Å². The topological polar surface area (TPSA) is 0 Å². The molecule has 0 aliphatic carbocycles. The zero-order valence-electron chi connectivity index (χ0n) is 96.2. The van der Waals surface area contributed by atoms with Crippen molar-refractivity contribution >= 4 is 21.5 Å². The number of rotatable bonds is 3. The Hall–Kier alpha value is -8.06. The third-order valence-corrected chi connectivity index (χ3v) is 19.2. The van der Waals surface area contributed by atoms with E-state index < -0.39 is 0 Å². The molecule has 0 atom stereocenters. The molecular formula is C130H210. The van der Waals surface area contributed by atoms with Crippen molar-refractivity contribution in [2.24, 2.45) is 10.8 Å². The molecule has 0 fully saturated rings. The second-order valence-electron chi connectivity index (χ2n) is 44.6. The third kappa shape index (κ3) is 54.8. The van der Waals surface area contributed by atoms with E-state index in [2.05, 4.69) is 518 Å². The van der Waals surface area contributed by atoms with E-state index in [0.717, 1.165) is 0 Å². The maximum absolute atomic E-state index is 2.37. The van der Waals surface area contributed by atoms with Crippen molar-refractivity contribution in [2.45, 2.75) is 442 Å². The third-order valence-electron chi connectivity index (χ3n) is 19.2. The average molecular weight is 1770 g/mol. The van der Waals surface area contributed by atoms with E-state index in [1.807, 2.05) is 125 Å². The van der Waals surface area contributed by atoms with Crippen molar-refractivity contribution in [3.63, 3.8) is 0 Å². The van der Waals surface area contributed by atoms with Crippen LogP contribution in [0.1, 0.15) is 443 Å². The molecule has 0 N–H and O–H groups in total. The summed E-state index contributed by atoms with van der Waals surface area (Å²) in [6.45, 7) is 121. The maximum Gasteiger partial charge on any atom is -0.0126 e. The Morgan fingerprint density at radius 3 is 0.638 bits per heavy atom. The molecule has 11 rings (SSSR count). The van der Waals surface area contributed by atoms with Crippen molar-refractivity contribution in [2.75, 3.05) is 0 Å². The van der Waals surface area contributed by atoms with Crippen LogP contribution in [-0.4, -0.2) is 0 Å². The lowest BCUT2D eigenvalue weighted by molar-refractivity contribution is 0.469. The van der Waals surface area contributed by atoms with Crippen LogP contribution >= 0.6 is 0 Å². The summed E-state index contributed by atoms with van der Waals surface area (Å²) in [5, 5.41) is 5.43. The first-order valence-corrected chi connectivity index (χ1v) is 50.6. The molecule has 0 nitrogen and oxygen atoms in total. The molecule has 730 valence electrons. The summed E-state index contributed by atoms with van der Waals surface area (Å²) in [6.07, 6.45) is 0. The maximum atomic E-state index is 2.37. The van der Waals surface area contributed by atoms with E-state index in [0.29, 0.717) is 16.2 Å². The highest BCUT2D eigenvalue weighted by atomic mass is 14.3. The Labute approximate surface area is 812 Å². The predicted molar refractivity (Wildman–Crippen MR) is 609 cm³/mol. The van der Waals surface area contributed by atoms with Gasteiger partial charge >= 0.3 is 0 Å². The van der Waals surface area contributed by atoms with Crippen LogP contribution in [-0.2, 0) is 54.1 Å². The van der Waals surface area contributed by atoms with Gasteiger partial charge in [-0.25, -0.2) is 0 Å². The molecule has 0 aromatic heterocycles. The largest absolute Gasteiger partial charge is 0.0683 e. The van der Waals surface area contributed by atoms with Crippen LogP contribution in [0, 0.1) is 10.8 Å². The molecule has 0 aliphatic rings. The van der Waals surface area contributed by atoms with Gasteiger partial charge in [0, 0.05) is 0 Å². The molecular weight excluding hydrogens is 1560 g/mol. The summed E-state index contributed by atoms with van der Waals surface area (Å²) in [6, 6.07) is 92.6. The lowest BCUT2D eigenvalue weighted by Crippen LogP contribution is -2.13. The summed E-state index contributed by atoms with van der Waals surface area (Å²) < 4.78 is 0. The van der Waals surface area contributed by atoms with Crippen LogP contribution in [0.2, 0.25) is 0 Å². The Balaban J connectivity index is -0.000000337. The van der Waals surface area contributed by atoms with Gasteiger partial charge in [-0.2, -0.15) is 0 Å². The Kier molecular flexibility index (Phi) is 64.5. The van der Waals surface area contributed by atoms with Gasteiger partial charge in [-0.3, -0.25) is 0 Å². The minimum Gasteiger partial charge on any atom is -0.0683 e. The van der Waals surface area contributed by atoms with Crippen LogP contribution in [0.4, 0.5) is 0 Å². The first-order chi connectivity index (χ1) is 59.9. The molecule has 0 saturated heterocycles. The van der Waals surface area contributed by atoms with Gasteiger partial charge in [0.05, 0.1) is 0 Å². The highest BCUT2D eigenvalue weighted by Gasteiger charge is 2.24. The molecule has 0 aliphatic heterocycles. The van der Waals surface area contributed by atoms with Gasteiger partial charge in [-0.1, -0.05) is 643 Å². The van der Waals surface area contributed by atoms with Crippen LogP contribution in [0.15, 0.2) is 255 Å². The number of hydrogen-bond acceptors (Lipinski definition) is 0. The van der Waals surface area contributed by atoms with Gasteiger partial charge < -0.3 is 0 Å². The zero-order valence-corrected chi connectivity index (χ0v) is 96.2. The average Bonchev–Trinajstić information content (AvgIpc) is 0.792. The first kappa shape index (κ1) is 133. The van der Waals surface area contributed by atoms with E-state index in [4.69, 9.17) is 0 Å². The van der Waals surface area contributed by atoms with E-state index in [-0.39, 0.29) is 48.7 Å². The fraction of sp³-hybridized carbons (Fsp3) is 0.523. The summed E-state index contributed by atoms with van der Waals surface area (Å²) >= 11 is 0. The SMILES string of the molecule is CC.CC.CC.CC.CC.CC.CC.CC.CC.CC(C)(C)C.CC(C)(C)C.CC(C)(C)c1ccc(-c2cccc(C(C)(C)C)c2)cc1.CC(C)(C)c1ccc2ccc(C(C)(C)C)cc2c1.CC(C)(C)c1ccc2cccc(C(C)(C)C)c2c1.CC(C)(C)c1cccc(-c2cccc(C(C)(C)C)c2)c1.CC(C)(C)c1ccccc1.CC(C)(C)c1ccccc1-c1ccccc1. The highest BCUT2D eigenvalue weighted by Crippen LogP contribution is 2.38. The molecule has 11 aromatic rings. The van der Waals surface area contributed by atoms with Gasteiger partial charge in [0.15, 0.2) is 0 Å². The fourth-order valence-corrected chi connectivity index (χ4v) is 12.2. The summed E-state index contributed by atoms with van der Waals surface area (Å²) in [5.74, 6) is 0. The second-order valence-corrected chi connectivity index (χ2v) is 44.6. The standard InChI is InChI=1S/2C20H26.2C18H24.C16H18.C10H14.2C5H12.9C2H6/c1-19(2,3)17-11-7-9-15(13-17)16-10-8-12-18(14-16)20(4,5)6;1-19(2,3)17-12-10-15(11-13-17)16-8-7-9-18(14-16)20(4,5)6;1-17(2,3)15-9-7-13-8-10-16(18(4,5)6)12-14(13)11-15;1-17(2,3)14-11-10-13-8-7-9-16(15(13)12-14)18(4,5)6;1-16(2,3)15-12-8-7-11-14(15)13-9-5-4-6-10-13;1-10(2,3)9-7-5-4-6-8-9;2*1-5(2,3)4;9*1-2/h2*7-14H,1-6H3;2*7-12H,1-6H3;4-12H,1-3H3;4-8H,1-3H3;2*1-4H3;9*1-2H3. The van der Waals surface area contributed by atoms with Crippen molar-refractivity contribution in [3.05, 3.63) is 310 Å². The van der Waals surface area contributed by atoms with Crippen LogP contribution in [0.3, 0.4) is 0 Å². The molecule has 0 amide bonds. The van der Waals surface area contributed by atoms with Gasteiger partial charge in [0.1, 0.15) is 0 Å². The number of fused-ring (bicyclic) bond motifs is 2. The Morgan fingerprint density at radius 1 is 0.131 bits per heavy atom. The lowest BCUT2D eigenvalue weighted by Gasteiger charge is -2.24. The van der Waals surface area contributed by atoms with Gasteiger partial charge in [-0.15, -0.1) is 0 Å². The Bertz CT molecular complexity index is 4500. The molecule has 130 heavy (non-hydrogen) atoms. The lowest BCUT2D eigenvalue weighted by atomic mass is 9.80. The second kappa shape index (κ2) is 63.2. The van der Waals surface area contributed by atoms with Crippen molar-refractivity contribution in [3.8, 4) is 33.4 Å². The van der Waals surface area contributed by atoms with Crippen LogP contribution < -0.4 is 0 Å². The smallest absolute Gasteiger partial charge is 0.0126 e. The summed E-state index contributed by atoms with van der Waals surface area (Å²) in [4.78, 5) is 0. The van der Waals surface area contributed by atoms with Crippen molar-refractivity contribution in [1.29, 1.82) is 0 Å². The molecule has 0 heteroatoms. The quantitative estimate of drug-likeness (QED) is 0.165. The van der Waals surface area contributed by atoms with E-state index in [1.54, 1.807) is 0 Å². The van der Waals surface area contributed by atoms with E-state index >= 15 is 0 Å². The zero-order chi connectivity index (χ0) is 103. The monoisotopic (exact) mass is 1770 g/mol. The minimum absolute atomic E-state index is 0.187. The van der Waals surface area contributed by atoms with Crippen LogP contribution in [0.25, 0.3) is 54.9 Å². The summed E-state index contributed by atoms with van der Waals surface area (Å²) in [7, 11) is 0. The van der Waals surface area contributed by atoms with Crippen molar-refractivity contribution in [1.82, 2.24) is 0 Å². The van der Waals surface area contributed by atoms with Crippen LogP contribution in [0.5, 0.6) is 0 Å². The summed E-state index contributed by atoms with van der Waals surface area (Å²) in [5.41, 5.74) is 25.0. The molecule has 0 heterocycles. The normalized spacial score (nSPS) is 11.1. The number of hydrogen-bond donors (Lipinski definition) is 0. The van der Waals surface area contributed by atoms with E-state index in [1.165, 1.54) is 111 Å². The van der Waals surface area contributed by atoms with Gasteiger partial charge in [0.25, 0.3) is 0 Å². The molecule has 0 spiro atoms. The molecule has 11 aromatic carbocycles. The molecule has 0 unspecified atom stereocenters. The fourth-order valence-electron chi connectivity index (χ4n) is 12.2. The minimum atomic E-state index is 0.187. The Morgan fingerprint density at radius 2 is 0.346 bits per heavy atom. The molecule has 0 saturated carbocycles. The first-order valence-electron chi connectivity index (χ1n) is 50.6.